The second kappa shape index (κ2) is 4.57. The smallest absolute Gasteiger partial charge is 0.256 e. The number of hydrogen-bond donors (Lipinski definition) is 1. The Morgan fingerprint density at radius 3 is 3.06 bits per heavy atom. The third kappa shape index (κ3) is 2.25. The average Bonchev–Trinajstić information content (AvgIpc) is 2.74. The summed E-state index contributed by atoms with van der Waals surface area (Å²) in [6.45, 7) is 2.17. The number of nitrogens with zero attached hydrogens (tertiary/aromatic N) is 2. The fourth-order valence-corrected chi connectivity index (χ4v) is 1.29. The first-order valence-corrected chi connectivity index (χ1v) is 4.85. The molecular weight excluding hydrogens is 206 g/mol. The van der Waals surface area contributed by atoms with Gasteiger partial charge in [-0.1, -0.05) is 11.2 Å². The Morgan fingerprint density at radius 1 is 1.56 bits per heavy atom. The Bertz CT molecular complexity index is 479. The summed E-state index contributed by atoms with van der Waals surface area (Å²) in [5, 5.41) is 6.41. The number of aromatic nitrogens is 2. The van der Waals surface area contributed by atoms with Crippen LogP contribution in [0.4, 0.5) is 0 Å². The molecule has 0 unspecified atom stereocenters. The fourth-order valence-electron chi connectivity index (χ4n) is 1.29. The van der Waals surface area contributed by atoms with Gasteiger partial charge >= 0.3 is 0 Å². The molecule has 2 rings (SSSR count). The van der Waals surface area contributed by atoms with E-state index >= 15 is 0 Å². The Balaban J connectivity index is 1.97. The van der Waals surface area contributed by atoms with Crippen molar-refractivity contribution in [3.05, 3.63) is 47.6 Å². The standard InChI is InChI=1S/C11H11N3O2/c1-8-10(7-16-14-8)11(15)13-6-9-3-2-4-12-5-9/h2-5,7H,6H2,1H3,(H,13,15). The van der Waals surface area contributed by atoms with Gasteiger partial charge in [-0.2, -0.15) is 0 Å². The number of carbonyl (C=O) groups is 1. The van der Waals surface area contributed by atoms with Crippen LogP contribution in [-0.4, -0.2) is 16.0 Å². The minimum Gasteiger partial charge on any atom is -0.364 e. The molecule has 0 atom stereocenters. The first-order chi connectivity index (χ1) is 7.77. The van der Waals surface area contributed by atoms with Crippen LogP contribution in [-0.2, 0) is 6.54 Å². The molecule has 0 aliphatic rings. The van der Waals surface area contributed by atoms with Gasteiger partial charge < -0.3 is 9.84 Å². The molecule has 5 heteroatoms. The molecule has 1 N–H and O–H groups in total. The van der Waals surface area contributed by atoms with Crippen LogP contribution in [0.3, 0.4) is 0 Å². The minimum atomic E-state index is -0.192. The number of carbonyl (C=O) groups excluding carboxylic acids is 1. The van der Waals surface area contributed by atoms with Gasteiger partial charge in [0.15, 0.2) is 0 Å². The van der Waals surface area contributed by atoms with E-state index in [-0.39, 0.29) is 5.91 Å². The lowest BCUT2D eigenvalue weighted by molar-refractivity contribution is 0.0949. The summed E-state index contributed by atoms with van der Waals surface area (Å²) in [4.78, 5) is 15.6. The highest BCUT2D eigenvalue weighted by Crippen LogP contribution is 2.04. The molecule has 2 heterocycles. The molecule has 16 heavy (non-hydrogen) atoms. The molecule has 0 aliphatic heterocycles. The molecule has 0 aliphatic carbocycles. The Labute approximate surface area is 92.5 Å². The van der Waals surface area contributed by atoms with Crippen molar-refractivity contribution in [1.82, 2.24) is 15.5 Å². The molecule has 0 spiro atoms. The lowest BCUT2D eigenvalue weighted by Crippen LogP contribution is -2.23. The number of amides is 1. The van der Waals surface area contributed by atoms with Crippen LogP contribution in [0.25, 0.3) is 0 Å². The maximum atomic E-state index is 11.7. The molecule has 5 nitrogen and oxygen atoms in total. The maximum Gasteiger partial charge on any atom is 0.256 e. The van der Waals surface area contributed by atoms with Crippen LogP contribution in [0.2, 0.25) is 0 Å². The first kappa shape index (κ1) is 10.4. The lowest BCUT2D eigenvalue weighted by Gasteiger charge is -2.02. The van der Waals surface area contributed by atoms with Crippen LogP contribution in [0.15, 0.2) is 35.3 Å². The number of pyridine rings is 1. The van der Waals surface area contributed by atoms with Gasteiger partial charge in [-0.3, -0.25) is 9.78 Å². The predicted molar refractivity (Wildman–Crippen MR) is 56.6 cm³/mol. The van der Waals surface area contributed by atoms with E-state index < -0.39 is 0 Å². The highest BCUT2D eigenvalue weighted by molar-refractivity contribution is 5.94. The molecule has 2 aromatic rings. The van der Waals surface area contributed by atoms with E-state index in [1.165, 1.54) is 6.26 Å². The zero-order valence-electron chi connectivity index (χ0n) is 8.80. The normalized spacial score (nSPS) is 10.1. The van der Waals surface area contributed by atoms with Crippen molar-refractivity contribution in [2.75, 3.05) is 0 Å². The topological polar surface area (TPSA) is 68.0 Å². The van der Waals surface area contributed by atoms with Crippen LogP contribution >= 0.6 is 0 Å². The summed E-state index contributed by atoms with van der Waals surface area (Å²) in [6, 6.07) is 3.72. The van der Waals surface area contributed by atoms with E-state index in [9.17, 15) is 4.79 Å². The molecule has 0 aromatic carbocycles. The molecule has 82 valence electrons. The van der Waals surface area contributed by atoms with Crippen molar-refractivity contribution < 1.29 is 9.32 Å². The minimum absolute atomic E-state index is 0.192. The van der Waals surface area contributed by atoms with E-state index in [2.05, 4.69) is 15.5 Å². The highest BCUT2D eigenvalue weighted by Gasteiger charge is 2.11. The van der Waals surface area contributed by atoms with E-state index in [4.69, 9.17) is 4.52 Å². The second-order valence-corrected chi connectivity index (χ2v) is 3.36. The van der Waals surface area contributed by atoms with Crippen LogP contribution < -0.4 is 5.32 Å². The van der Waals surface area contributed by atoms with E-state index in [0.717, 1.165) is 5.56 Å². The lowest BCUT2D eigenvalue weighted by atomic mass is 10.2. The summed E-state index contributed by atoms with van der Waals surface area (Å²) < 4.78 is 4.70. The van der Waals surface area contributed by atoms with Crippen molar-refractivity contribution in [3.8, 4) is 0 Å². The molecule has 0 saturated carbocycles. The fraction of sp³-hybridized carbons (Fsp3) is 0.182. The summed E-state index contributed by atoms with van der Waals surface area (Å²) in [5.74, 6) is -0.192. The predicted octanol–water partition coefficient (Wildman–Crippen LogP) is 1.31. The number of hydrogen-bond acceptors (Lipinski definition) is 4. The van der Waals surface area contributed by atoms with Gasteiger partial charge in [0.2, 0.25) is 0 Å². The summed E-state index contributed by atoms with van der Waals surface area (Å²) >= 11 is 0. The molecule has 0 fully saturated rings. The SMILES string of the molecule is Cc1nocc1C(=O)NCc1cccnc1. The molecule has 2 aromatic heterocycles. The first-order valence-electron chi connectivity index (χ1n) is 4.85. The number of rotatable bonds is 3. The number of aryl methyl sites for hydroxylation is 1. The monoisotopic (exact) mass is 217 g/mol. The van der Waals surface area contributed by atoms with Gasteiger partial charge in [-0.05, 0) is 18.6 Å². The highest BCUT2D eigenvalue weighted by atomic mass is 16.5. The average molecular weight is 217 g/mol. The molecule has 1 amide bonds. The van der Waals surface area contributed by atoms with Crippen molar-refractivity contribution in [2.45, 2.75) is 13.5 Å². The van der Waals surface area contributed by atoms with Gasteiger partial charge in [-0.15, -0.1) is 0 Å². The maximum absolute atomic E-state index is 11.7. The quantitative estimate of drug-likeness (QED) is 0.841. The van der Waals surface area contributed by atoms with E-state index in [1.54, 1.807) is 19.3 Å². The van der Waals surface area contributed by atoms with Gasteiger partial charge in [0, 0.05) is 18.9 Å². The van der Waals surface area contributed by atoms with Crippen molar-refractivity contribution in [2.24, 2.45) is 0 Å². The van der Waals surface area contributed by atoms with Gasteiger partial charge in [-0.25, -0.2) is 0 Å². The summed E-state index contributed by atoms with van der Waals surface area (Å²) in [5.41, 5.74) is 2.00. The Morgan fingerprint density at radius 2 is 2.44 bits per heavy atom. The third-order valence-corrected chi connectivity index (χ3v) is 2.17. The van der Waals surface area contributed by atoms with Crippen LogP contribution in [0, 0.1) is 6.92 Å². The zero-order valence-corrected chi connectivity index (χ0v) is 8.80. The van der Waals surface area contributed by atoms with Gasteiger partial charge in [0.25, 0.3) is 5.91 Å². The Hall–Kier alpha value is -2.17. The van der Waals surface area contributed by atoms with Crippen molar-refractivity contribution >= 4 is 5.91 Å². The van der Waals surface area contributed by atoms with Crippen molar-refractivity contribution in [3.63, 3.8) is 0 Å². The summed E-state index contributed by atoms with van der Waals surface area (Å²) in [6.07, 6.45) is 4.74. The molecule has 0 saturated heterocycles. The van der Waals surface area contributed by atoms with Crippen molar-refractivity contribution in [1.29, 1.82) is 0 Å². The largest absolute Gasteiger partial charge is 0.364 e. The van der Waals surface area contributed by atoms with E-state index in [0.29, 0.717) is 17.8 Å². The number of nitrogens with one attached hydrogen (secondary N) is 1. The van der Waals surface area contributed by atoms with Gasteiger partial charge in [0.05, 0.1) is 5.69 Å². The van der Waals surface area contributed by atoms with Crippen LogP contribution in [0.5, 0.6) is 0 Å². The van der Waals surface area contributed by atoms with E-state index in [1.807, 2.05) is 12.1 Å². The zero-order chi connectivity index (χ0) is 11.4. The molecule has 0 radical (unpaired) electrons. The summed E-state index contributed by atoms with van der Waals surface area (Å²) in [7, 11) is 0. The molecule has 0 bridgehead atoms. The Kier molecular flexibility index (Phi) is 2.95. The van der Waals surface area contributed by atoms with Crippen LogP contribution in [0.1, 0.15) is 21.6 Å². The molecular formula is C11H11N3O2. The second-order valence-electron chi connectivity index (χ2n) is 3.36. The van der Waals surface area contributed by atoms with Gasteiger partial charge in [0.1, 0.15) is 11.8 Å². The third-order valence-electron chi connectivity index (χ3n) is 2.17.